The standard InChI is InChI=1S/C25H18F2O10S/c1-25(2,3)37-24(31)36-20-10-19-14(8-16(20)27)22(13-7-15(26)17(28)9-18(13)35-19)12-5-4-11(23(29)30)6-21(12)38(32,33)34/h4-10H,1-3H3,(H,29,30)(H,32,33,34). The predicted octanol–water partition coefficient (Wildman–Crippen LogP) is 5.10. The smallest absolute Gasteiger partial charge is 0.478 e. The molecule has 0 spiro atoms. The highest BCUT2D eigenvalue weighted by Gasteiger charge is 2.28. The summed E-state index contributed by atoms with van der Waals surface area (Å²) in [5.74, 6) is -4.78. The average Bonchev–Trinajstić information content (AvgIpc) is 2.77. The largest absolute Gasteiger partial charge is 0.514 e. The van der Waals surface area contributed by atoms with E-state index in [4.69, 9.17) is 13.9 Å². The lowest BCUT2D eigenvalue weighted by Gasteiger charge is -2.20. The molecular formula is C25H18F2O10S. The first kappa shape index (κ1) is 26.7. The summed E-state index contributed by atoms with van der Waals surface area (Å²) < 4.78 is 79.3. The highest BCUT2D eigenvalue weighted by molar-refractivity contribution is 7.86. The van der Waals surface area contributed by atoms with Crippen molar-refractivity contribution in [1.29, 1.82) is 0 Å². The fraction of sp³-hybridized carbons (Fsp3) is 0.160. The Morgan fingerprint density at radius 1 is 0.974 bits per heavy atom. The predicted molar refractivity (Wildman–Crippen MR) is 128 cm³/mol. The van der Waals surface area contributed by atoms with Gasteiger partial charge in [0.2, 0.25) is 5.43 Å². The summed E-state index contributed by atoms with van der Waals surface area (Å²) in [5, 5.41) is 9.10. The van der Waals surface area contributed by atoms with Gasteiger partial charge in [0.05, 0.1) is 5.56 Å². The van der Waals surface area contributed by atoms with E-state index in [0.29, 0.717) is 6.07 Å². The zero-order chi connectivity index (χ0) is 28.2. The van der Waals surface area contributed by atoms with Crippen LogP contribution < -0.4 is 10.2 Å². The van der Waals surface area contributed by atoms with Gasteiger partial charge in [-0.25, -0.2) is 18.4 Å². The molecule has 2 aromatic carbocycles. The van der Waals surface area contributed by atoms with Crippen molar-refractivity contribution in [2.24, 2.45) is 0 Å². The Hall–Kier alpha value is -4.36. The molecule has 0 amide bonds. The van der Waals surface area contributed by atoms with E-state index >= 15 is 4.39 Å². The second-order valence-corrected chi connectivity index (χ2v) is 10.5. The van der Waals surface area contributed by atoms with Gasteiger partial charge in [-0.3, -0.25) is 9.35 Å². The van der Waals surface area contributed by atoms with Crippen molar-refractivity contribution in [3.63, 3.8) is 0 Å². The first-order chi connectivity index (χ1) is 17.5. The van der Waals surface area contributed by atoms with Crippen LogP contribution >= 0.6 is 0 Å². The van der Waals surface area contributed by atoms with Crippen LogP contribution in [0.4, 0.5) is 13.6 Å². The molecule has 0 radical (unpaired) electrons. The van der Waals surface area contributed by atoms with E-state index in [1.165, 1.54) is 0 Å². The van der Waals surface area contributed by atoms with Crippen LogP contribution in [0.2, 0.25) is 0 Å². The van der Waals surface area contributed by atoms with Gasteiger partial charge in [-0.1, -0.05) is 6.07 Å². The van der Waals surface area contributed by atoms with Crippen LogP contribution in [0, 0.1) is 11.6 Å². The number of carbonyl (C=O) groups is 2. The number of aromatic carboxylic acids is 1. The van der Waals surface area contributed by atoms with Gasteiger partial charge in [-0.15, -0.1) is 0 Å². The Kier molecular flexibility index (Phi) is 6.45. The summed E-state index contributed by atoms with van der Waals surface area (Å²) in [4.78, 5) is 34.6. The van der Waals surface area contributed by atoms with Crippen molar-refractivity contribution in [3.05, 3.63) is 69.9 Å². The summed E-state index contributed by atoms with van der Waals surface area (Å²) >= 11 is 0. The Morgan fingerprint density at radius 2 is 1.66 bits per heavy atom. The van der Waals surface area contributed by atoms with E-state index in [0.717, 1.165) is 36.4 Å². The fourth-order valence-electron chi connectivity index (χ4n) is 3.70. The SMILES string of the molecule is CC(C)(C)OC(=O)Oc1cc2oc3cc(=O)c(F)cc-3c(-c3ccc(C(=O)O)cc3S(=O)(=O)O)c2cc1F. The molecule has 1 aliphatic heterocycles. The monoisotopic (exact) mass is 548 g/mol. The van der Waals surface area contributed by atoms with Crippen molar-refractivity contribution in [2.45, 2.75) is 31.3 Å². The van der Waals surface area contributed by atoms with Crippen LogP contribution in [0.25, 0.3) is 33.4 Å². The van der Waals surface area contributed by atoms with Crippen molar-refractivity contribution in [2.75, 3.05) is 0 Å². The molecule has 2 aliphatic rings. The number of hydrogen-bond donors (Lipinski definition) is 2. The quantitative estimate of drug-likeness (QED) is 0.152. The highest BCUT2D eigenvalue weighted by atomic mass is 32.2. The Bertz CT molecular complexity index is 1770. The van der Waals surface area contributed by atoms with Gasteiger partial charge in [0.25, 0.3) is 10.1 Å². The first-order valence-corrected chi connectivity index (χ1v) is 12.1. The molecule has 0 fully saturated rings. The molecule has 13 heteroatoms. The normalized spacial score (nSPS) is 12.1. The van der Waals surface area contributed by atoms with Crippen LogP contribution in [0.3, 0.4) is 0 Å². The lowest BCUT2D eigenvalue weighted by Crippen LogP contribution is -2.26. The minimum absolute atomic E-state index is 0.183. The highest BCUT2D eigenvalue weighted by Crippen LogP contribution is 2.44. The first-order valence-electron chi connectivity index (χ1n) is 10.7. The summed E-state index contributed by atoms with van der Waals surface area (Å²) in [7, 11) is -5.07. The zero-order valence-electron chi connectivity index (χ0n) is 19.9. The maximum atomic E-state index is 15.1. The van der Waals surface area contributed by atoms with Gasteiger partial charge in [0, 0.05) is 34.2 Å². The third kappa shape index (κ3) is 5.19. The maximum absolute atomic E-state index is 15.1. The molecule has 0 aromatic heterocycles. The topological polar surface area (TPSA) is 157 Å². The summed E-state index contributed by atoms with van der Waals surface area (Å²) in [6.07, 6.45) is -1.24. The third-order valence-electron chi connectivity index (χ3n) is 5.19. The second kappa shape index (κ2) is 9.19. The van der Waals surface area contributed by atoms with Gasteiger partial charge >= 0.3 is 12.1 Å². The van der Waals surface area contributed by atoms with Gasteiger partial charge in [-0.05, 0) is 45.0 Å². The number of halogens is 2. The van der Waals surface area contributed by atoms with Crippen LogP contribution in [-0.2, 0) is 14.9 Å². The van der Waals surface area contributed by atoms with Crippen molar-refractivity contribution in [3.8, 4) is 28.2 Å². The van der Waals surface area contributed by atoms with Crippen molar-refractivity contribution < 1.29 is 50.3 Å². The molecule has 38 heavy (non-hydrogen) atoms. The average molecular weight is 548 g/mol. The maximum Gasteiger partial charge on any atom is 0.514 e. The minimum Gasteiger partial charge on any atom is -0.478 e. The molecule has 0 unspecified atom stereocenters. The number of fused-ring (bicyclic) bond motifs is 2. The van der Waals surface area contributed by atoms with E-state index < -0.39 is 61.1 Å². The lowest BCUT2D eigenvalue weighted by atomic mass is 9.93. The van der Waals surface area contributed by atoms with Crippen LogP contribution in [-0.4, -0.2) is 35.8 Å². The van der Waals surface area contributed by atoms with E-state index in [1.807, 2.05) is 0 Å². The molecule has 0 atom stereocenters. The molecule has 1 aliphatic carbocycles. The zero-order valence-corrected chi connectivity index (χ0v) is 20.7. The van der Waals surface area contributed by atoms with Gasteiger partial charge in [-0.2, -0.15) is 8.42 Å². The third-order valence-corrected chi connectivity index (χ3v) is 6.08. The Balaban J connectivity index is 2.08. The van der Waals surface area contributed by atoms with E-state index in [9.17, 15) is 36.9 Å². The van der Waals surface area contributed by atoms with E-state index in [2.05, 4.69) is 0 Å². The molecule has 2 aromatic rings. The summed E-state index contributed by atoms with van der Waals surface area (Å²) in [5.41, 5.74) is -3.52. The molecule has 2 N–H and O–H groups in total. The number of carboxylic acid groups (broad SMARTS) is 1. The molecule has 0 saturated carbocycles. The number of hydrogen-bond acceptors (Lipinski definition) is 8. The molecule has 0 bridgehead atoms. The lowest BCUT2D eigenvalue weighted by molar-refractivity contribution is 0.0198. The molecule has 4 rings (SSSR count). The van der Waals surface area contributed by atoms with Crippen molar-refractivity contribution >= 4 is 33.2 Å². The van der Waals surface area contributed by atoms with Gasteiger partial charge in [0.15, 0.2) is 17.4 Å². The molecular weight excluding hydrogens is 530 g/mol. The molecule has 198 valence electrons. The number of ether oxygens (including phenoxy) is 2. The molecule has 10 nitrogen and oxygen atoms in total. The Morgan fingerprint density at radius 3 is 2.26 bits per heavy atom. The van der Waals surface area contributed by atoms with Crippen LogP contribution in [0.1, 0.15) is 31.1 Å². The van der Waals surface area contributed by atoms with Gasteiger partial charge < -0.3 is 19.0 Å². The fourth-order valence-corrected chi connectivity index (χ4v) is 4.42. The number of carboxylic acids is 1. The number of carbonyl (C=O) groups excluding carboxylic acids is 1. The number of benzene rings is 3. The van der Waals surface area contributed by atoms with Crippen LogP contribution in [0.15, 0.2) is 56.6 Å². The van der Waals surface area contributed by atoms with E-state index in [-0.39, 0.29) is 33.4 Å². The molecule has 0 saturated heterocycles. The minimum atomic E-state index is -5.07. The second-order valence-electron chi connectivity index (χ2n) is 9.09. The molecule has 1 heterocycles. The van der Waals surface area contributed by atoms with Crippen molar-refractivity contribution in [1.82, 2.24) is 0 Å². The van der Waals surface area contributed by atoms with Gasteiger partial charge in [0.1, 0.15) is 21.8 Å². The van der Waals surface area contributed by atoms with E-state index in [1.54, 1.807) is 20.8 Å². The summed E-state index contributed by atoms with van der Waals surface area (Å²) in [6, 6.07) is 5.94. The Labute approximate surface area is 213 Å². The summed E-state index contributed by atoms with van der Waals surface area (Å²) in [6.45, 7) is 4.67. The van der Waals surface area contributed by atoms with Crippen LogP contribution in [0.5, 0.6) is 5.75 Å². The number of rotatable bonds is 4.